The van der Waals surface area contributed by atoms with Crippen molar-refractivity contribution in [2.45, 2.75) is 19.5 Å². The zero-order chi connectivity index (χ0) is 15.2. The molecule has 0 aromatic heterocycles. The van der Waals surface area contributed by atoms with Gasteiger partial charge in [-0.1, -0.05) is 42.3 Å². The van der Waals surface area contributed by atoms with Gasteiger partial charge in [-0.2, -0.15) is 0 Å². The molecule has 0 fully saturated rings. The summed E-state index contributed by atoms with van der Waals surface area (Å²) in [6.45, 7) is 2.17. The van der Waals surface area contributed by atoms with Gasteiger partial charge in [-0.3, -0.25) is 4.57 Å². The zero-order valence-electron chi connectivity index (χ0n) is 11.4. The summed E-state index contributed by atoms with van der Waals surface area (Å²) in [6.07, 6.45) is 5.97. The molecule has 0 saturated heterocycles. The molecule has 1 aromatic rings. The van der Waals surface area contributed by atoms with Crippen molar-refractivity contribution in [2.24, 2.45) is 5.92 Å². The lowest BCUT2D eigenvalue weighted by molar-refractivity contribution is 0.224. The highest BCUT2D eigenvalue weighted by Gasteiger charge is 2.25. The Morgan fingerprint density at radius 1 is 1.45 bits per heavy atom. The number of halogens is 2. The van der Waals surface area contributed by atoms with Gasteiger partial charge in [0.05, 0.1) is 22.8 Å². The average Bonchev–Trinajstić information content (AvgIpc) is 2.43. The Kier molecular flexibility index (Phi) is 7.09. The van der Waals surface area contributed by atoms with Gasteiger partial charge in [0.2, 0.25) is 0 Å². The quantitative estimate of drug-likeness (QED) is 0.519. The van der Waals surface area contributed by atoms with Gasteiger partial charge in [-0.25, -0.2) is 0 Å². The maximum atomic E-state index is 12.5. The van der Waals surface area contributed by atoms with Crippen molar-refractivity contribution in [1.82, 2.24) is 0 Å². The Morgan fingerprint density at radius 3 is 2.75 bits per heavy atom. The molecular weight excluding hydrogens is 318 g/mol. The number of rotatable bonds is 7. The maximum Gasteiger partial charge on any atom is 0.334 e. The molecule has 1 aromatic carbocycles. The summed E-state index contributed by atoms with van der Waals surface area (Å²) >= 11 is 12.0. The maximum absolute atomic E-state index is 12.5. The molecule has 2 unspecified atom stereocenters. The van der Waals surface area contributed by atoms with Crippen molar-refractivity contribution >= 4 is 30.8 Å². The van der Waals surface area contributed by atoms with Crippen LogP contribution in [0.15, 0.2) is 18.2 Å². The van der Waals surface area contributed by atoms with Crippen LogP contribution in [0.2, 0.25) is 10.0 Å². The highest BCUT2D eigenvalue weighted by Crippen LogP contribution is 2.52. The first kappa shape index (κ1) is 17.6. The van der Waals surface area contributed by atoms with Gasteiger partial charge in [0.25, 0.3) is 0 Å². The Hall–Kier alpha value is -0.490. The third kappa shape index (κ3) is 5.13. The van der Waals surface area contributed by atoms with E-state index in [2.05, 4.69) is 5.92 Å². The first-order valence-corrected chi connectivity index (χ1v) is 8.58. The van der Waals surface area contributed by atoms with Crippen LogP contribution < -0.4 is 0 Å². The fourth-order valence-electron chi connectivity index (χ4n) is 1.49. The highest BCUT2D eigenvalue weighted by molar-refractivity contribution is 7.53. The highest BCUT2D eigenvalue weighted by atomic mass is 35.5. The molecule has 110 valence electrons. The molecule has 0 amide bonds. The molecule has 3 nitrogen and oxygen atoms in total. The average molecular weight is 335 g/mol. The summed E-state index contributed by atoms with van der Waals surface area (Å²) in [5.41, 5.74) is 0.634. The normalized spacial score (nSPS) is 15.3. The van der Waals surface area contributed by atoms with E-state index in [1.165, 1.54) is 7.11 Å². The minimum absolute atomic E-state index is 0.0649. The standard InChI is InChI=1S/C14H17Cl2O3P/c1-4-11(2)8-9-19-20(17,18-3)10-12-6-5-7-13(15)14(12)16/h1,5-7,11H,8-10H2,2-3H3. The van der Waals surface area contributed by atoms with Gasteiger partial charge in [-0.05, 0) is 18.1 Å². The lowest BCUT2D eigenvalue weighted by Crippen LogP contribution is -2.02. The molecule has 0 saturated carbocycles. The van der Waals surface area contributed by atoms with E-state index in [4.69, 9.17) is 38.7 Å². The minimum atomic E-state index is -3.25. The van der Waals surface area contributed by atoms with Gasteiger partial charge < -0.3 is 9.05 Å². The van der Waals surface area contributed by atoms with Gasteiger partial charge in [0.15, 0.2) is 0 Å². The number of benzene rings is 1. The molecule has 0 bridgehead atoms. The second-order valence-electron chi connectivity index (χ2n) is 4.35. The van der Waals surface area contributed by atoms with Crippen molar-refractivity contribution in [1.29, 1.82) is 0 Å². The van der Waals surface area contributed by atoms with Crippen LogP contribution in [-0.2, 0) is 19.8 Å². The molecule has 0 aliphatic carbocycles. The second-order valence-corrected chi connectivity index (χ2v) is 7.30. The van der Waals surface area contributed by atoms with E-state index in [-0.39, 0.29) is 18.7 Å². The fourth-order valence-corrected chi connectivity index (χ4v) is 3.36. The molecule has 0 aliphatic heterocycles. The molecule has 0 N–H and O–H groups in total. The predicted octanol–water partition coefficient (Wildman–Crippen LogP) is 5.01. The van der Waals surface area contributed by atoms with Crippen LogP contribution in [0.25, 0.3) is 0 Å². The van der Waals surface area contributed by atoms with E-state index in [0.717, 1.165) is 0 Å². The van der Waals surface area contributed by atoms with Crippen LogP contribution in [0.1, 0.15) is 18.9 Å². The van der Waals surface area contributed by atoms with Crippen LogP contribution in [0.4, 0.5) is 0 Å². The van der Waals surface area contributed by atoms with E-state index in [9.17, 15) is 4.57 Å². The molecule has 20 heavy (non-hydrogen) atoms. The molecule has 0 aliphatic rings. The first-order valence-electron chi connectivity index (χ1n) is 6.10. The van der Waals surface area contributed by atoms with E-state index >= 15 is 0 Å². The molecule has 0 spiro atoms. The van der Waals surface area contributed by atoms with E-state index < -0.39 is 7.60 Å². The number of hydrogen-bond donors (Lipinski definition) is 0. The smallest absolute Gasteiger partial charge is 0.312 e. The molecule has 0 radical (unpaired) electrons. The van der Waals surface area contributed by atoms with Crippen molar-refractivity contribution in [2.75, 3.05) is 13.7 Å². The summed E-state index contributed by atoms with van der Waals surface area (Å²) in [5.74, 6) is 2.65. The largest absolute Gasteiger partial charge is 0.334 e. The monoisotopic (exact) mass is 334 g/mol. The Morgan fingerprint density at radius 2 is 2.15 bits per heavy atom. The molecule has 6 heteroatoms. The molecule has 0 heterocycles. The van der Waals surface area contributed by atoms with Gasteiger partial charge in [-0.15, -0.1) is 12.3 Å². The van der Waals surface area contributed by atoms with E-state index in [1.807, 2.05) is 6.92 Å². The zero-order valence-corrected chi connectivity index (χ0v) is 13.8. The Balaban J connectivity index is 2.72. The first-order chi connectivity index (χ1) is 9.41. The van der Waals surface area contributed by atoms with Crippen LogP contribution in [-0.4, -0.2) is 13.7 Å². The van der Waals surface area contributed by atoms with Crippen LogP contribution in [0.3, 0.4) is 0 Å². The SMILES string of the molecule is C#CC(C)CCOP(=O)(Cc1cccc(Cl)c1Cl)OC. The minimum Gasteiger partial charge on any atom is -0.312 e. The van der Waals surface area contributed by atoms with E-state index in [1.54, 1.807) is 18.2 Å². The third-order valence-corrected chi connectivity index (χ3v) is 5.52. The topological polar surface area (TPSA) is 35.5 Å². The van der Waals surface area contributed by atoms with Crippen LogP contribution in [0, 0.1) is 18.3 Å². The molecular formula is C14H17Cl2O3P. The summed E-state index contributed by atoms with van der Waals surface area (Å²) < 4.78 is 22.9. The Bertz CT molecular complexity index is 540. The van der Waals surface area contributed by atoms with Crippen molar-refractivity contribution in [3.63, 3.8) is 0 Å². The lowest BCUT2D eigenvalue weighted by Gasteiger charge is -2.17. The molecule has 2 atom stereocenters. The van der Waals surface area contributed by atoms with Gasteiger partial charge in [0.1, 0.15) is 0 Å². The van der Waals surface area contributed by atoms with Crippen LogP contribution >= 0.6 is 30.8 Å². The summed E-state index contributed by atoms with van der Waals surface area (Å²) in [6, 6.07) is 5.15. The fraction of sp³-hybridized carbons (Fsp3) is 0.429. The Labute approximate surface area is 130 Å². The second kappa shape index (κ2) is 8.08. The van der Waals surface area contributed by atoms with Crippen molar-refractivity contribution in [3.8, 4) is 12.3 Å². The number of terminal acetylenes is 1. The van der Waals surface area contributed by atoms with Crippen molar-refractivity contribution in [3.05, 3.63) is 33.8 Å². The van der Waals surface area contributed by atoms with E-state index in [0.29, 0.717) is 22.0 Å². The van der Waals surface area contributed by atoms with Crippen LogP contribution in [0.5, 0.6) is 0 Å². The summed E-state index contributed by atoms with van der Waals surface area (Å²) in [5, 5.41) is 0.778. The third-order valence-electron chi connectivity index (χ3n) is 2.80. The summed E-state index contributed by atoms with van der Waals surface area (Å²) in [7, 11) is -1.90. The molecule has 1 rings (SSSR count). The lowest BCUT2D eigenvalue weighted by atomic mass is 10.1. The van der Waals surface area contributed by atoms with Gasteiger partial charge in [0, 0.05) is 13.0 Å². The number of hydrogen-bond acceptors (Lipinski definition) is 3. The summed E-state index contributed by atoms with van der Waals surface area (Å²) in [4.78, 5) is 0. The van der Waals surface area contributed by atoms with Crippen molar-refractivity contribution < 1.29 is 13.6 Å². The predicted molar refractivity (Wildman–Crippen MR) is 83.3 cm³/mol. The van der Waals surface area contributed by atoms with Gasteiger partial charge >= 0.3 is 7.60 Å².